The van der Waals surface area contributed by atoms with E-state index < -0.39 is 0 Å². The van der Waals surface area contributed by atoms with Crippen molar-refractivity contribution in [1.29, 1.82) is 0 Å². The molecule has 1 aromatic carbocycles. The Morgan fingerprint density at radius 1 is 1.20 bits per heavy atom. The fraction of sp³-hybridized carbons (Fsp3) is 0.200. The summed E-state index contributed by atoms with van der Waals surface area (Å²) in [6, 6.07) is 13.8. The van der Waals surface area contributed by atoms with E-state index in [0.29, 0.717) is 11.7 Å². The van der Waals surface area contributed by atoms with Crippen molar-refractivity contribution in [3.63, 3.8) is 0 Å². The molecule has 1 heterocycles. The maximum Gasteiger partial charge on any atom is 0.187 e. The number of hydrazone groups is 1. The molecule has 0 amide bonds. The summed E-state index contributed by atoms with van der Waals surface area (Å²) in [5.74, 6) is 0.830. The van der Waals surface area contributed by atoms with Crippen LogP contribution in [0.15, 0.2) is 58.2 Å². The molecule has 0 unspecified atom stereocenters. The van der Waals surface area contributed by atoms with E-state index >= 15 is 0 Å². The van der Waals surface area contributed by atoms with Gasteiger partial charge in [-0.3, -0.25) is 5.43 Å². The third-order valence-electron chi connectivity index (χ3n) is 2.74. The van der Waals surface area contributed by atoms with E-state index in [1.165, 1.54) is 0 Å². The molecule has 4 nitrogen and oxygen atoms in total. The molecular weight excluding hydrogens is 270 g/mol. The first kappa shape index (κ1) is 14.3. The molecule has 0 aliphatic heterocycles. The standard InChI is InChI=1S/C15H17N3OS/c1-2-14(12-7-4-3-5-8-12)17-18-15(20)16-11-13-9-6-10-19-13/h3-10H,2,11H2,1H3,(H2,16,18,20)/b17-14+. The van der Waals surface area contributed by atoms with Crippen LogP contribution < -0.4 is 10.7 Å². The van der Waals surface area contributed by atoms with Gasteiger partial charge in [-0.2, -0.15) is 5.10 Å². The second kappa shape index (κ2) is 7.45. The topological polar surface area (TPSA) is 49.6 Å². The zero-order valence-corrected chi connectivity index (χ0v) is 12.1. The van der Waals surface area contributed by atoms with Gasteiger partial charge >= 0.3 is 0 Å². The molecule has 0 aliphatic rings. The monoisotopic (exact) mass is 287 g/mol. The Labute approximate surface area is 123 Å². The lowest BCUT2D eigenvalue weighted by molar-refractivity contribution is 0.502. The Morgan fingerprint density at radius 3 is 2.65 bits per heavy atom. The lowest BCUT2D eigenvalue weighted by atomic mass is 10.1. The van der Waals surface area contributed by atoms with Crippen LogP contribution in [0.3, 0.4) is 0 Å². The Bertz CT molecular complexity index is 564. The SMILES string of the molecule is CC/C(=N\NC(=S)NCc1ccco1)c1ccccc1. The van der Waals surface area contributed by atoms with Gasteiger partial charge in [-0.1, -0.05) is 37.3 Å². The molecule has 0 saturated carbocycles. The van der Waals surface area contributed by atoms with Crippen LogP contribution in [0, 0.1) is 0 Å². The minimum Gasteiger partial charge on any atom is -0.467 e. The Kier molecular flexibility index (Phi) is 5.32. The summed E-state index contributed by atoms with van der Waals surface area (Å²) in [5, 5.41) is 7.86. The number of nitrogens with zero attached hydrogens (tertiary/aromatic N) is 1. The lowest BCUT2D eigenvalue weighted by Gasteiger charge is -2.08. The van der Waals surface area contributed by atoms with Gasteiger partial charge < -0.3 is 9.73 Å². The Hall–Kier alpha value is -2.14. The van der Waals surface area contributed by atoms with Gasteiger partial charge in [0.1, 0.15) is 5.76 Å². The number of benzene rings is 1. The van der Waals surface area contributed by atoms with Crippen molar-refractivity contribution in [3.05, 3.63) is 60.1 Å². The van der Waals surface area contributed by atoms with Crippen molar-refractivity contribution >= 4 is 23.0 Å². The summed E-state index contributed by atoms with van der Waals surface area (Å²) >= 11 is 5.17. The smallest absolute Gasteiger partial charge is 0.187 e. The van der Waals surface area contributed by atoms with Gasteiger partial charge in [0.2, 0.25) is 0 Å². The molecule has 0 bridgehead atoms. The van der Waals surface area contributed by atoms with Crippen molar-refractivity contribution in [2.24, 2.45) is 5.10 Å². The van der Waals surface area contributed by atoms with E-state index in [0.717, 1.165) is 23.5 Å². The highest BCUT2D eigenvalue weighted by Gasteiger charge is 2.01. The molecule has 20 heavy (non-hydrogen) atoms. The van der Waals surface area contributed by atoms with Crippen LogP contribution in [0.2, 0.25) is 0 Å². The third-order valence-corrected chi connectivity index (χ3v) is 2.97. The van der Waals surface area contributed by atoms with Gasteiger partial charge in [0.15, 0.2) is 5.11 Å². The summed E-state index contributed by atoms with van der Waals surface area (Å²) < 4.78 is 5.21. The van der Waals surface area contributed by atoms with Gasteiger partial charge in [-0.15, -0.1) is 0 Å². The highest BCUT2D eigenvalue weighted by molar-refractivity contribution is 7.80. The van der Waals surface area contributed by atoms with E-state index in [-0.39, 0.29) is 0 Å². The number of hydrogen-bond acceptors (Lipinski definition) is 3. The molecule has 0 fully saturated rings. The number of thiocarbonyl (C=S) groups is 1. The first-order valence-corrected chi connectivity index (χ1v) is 6.88. The largest absolute Gasteiger partial charge is 0.467 e. The lowest BCUT2D eigenvalue weighted by Crippen LogP contribution is -2.32. The van der Waals surface area contributed by atoms with E-state index in [1.54, 1.807) is 6.26 Å². The summed E-state index contributed by atoms with van der Waals surface area (Å²) in [4.78, 5) is 0. The zero-order valence-electron chi connectivity index (χ0n) is 11.3. The maximum atomic E-state index is 5.21. The minimum atomic E-state index is 0.475. The van der Waals surface area contributed by atoms with Gasteiger partial charge in [0, 0.05) is 0 Å². The van der Waals surface area contributed by atoms with Crippen LogP contribution >= 0.6 is 12.2 Å². The number of furan rings is 1. The van der Waals surface area contributed by atoms with Crippen molar-refractivity contribution in [3.8, 4) is 0 Å². The van der Waals surface area contributed by atoms with E-state index in [4.69, 9.17) is 16.6 Å². The normalized spacial score (nSPS) is 11.2. The summed E-state index contributed by atoms with van der Waals surface area (Å²) in [6.07, 6.45) is 2.47. The third kappa shape index (κ3) is 4.20. The quantitative estimate of drug-likeness (QED) is 0.504. The Balaban J connectivity index is 1.88. The minimum absolute atomic E-state index is 0.475. The average Bonchev–Trinajstić information content (AvgIpc) is 3.00. The molecule has 1 aromatic heterocycles. The van der Waals surface area contributed by atoms with Crippen molar-refractivity contribution in [2.45, 2.75) is 19.9 Å². The van der Waals surface area contributed by atoms with Crippen LogP contribution in [-0.4, -0.2) is 10.8 Å². The molecule has 0 spiro atoms. The van der Waals surface area contributed by atoms with E-state index in [2.05, 4.69) is 22.8 Å². The molecule has 0 saturated heterocycles. The van der Waals surface area contributed by atoms with E-state index in [9.17, 15) is 0 Å². The molecule has 0 atom stereocenters. The molecule has 2 N–H and O–H groups in total. The molecule has 2 rings (SSSR count). The van der Waals surface area contributed by atoms with Gasteiger partial charge in [-0.25, -0.2) is 0 Å². The second-order valence-electron chi connectivity index (χ2n) is 4.15. The van der Waals surface area contributed by atoms with Gasteiger partial charge in [-0.05, 0) is 36.3 Å². The van der Waals surface area contributed by atoms with Crippen molar-refractivity contribution < 1.29 is 4.42 Å². The predicted octanol–water partition coefficient (Wildman–Crippen LogP) is 3.06. The average molecular weight is 287 g/mol. The van der Waals surface area contributed by atoms with E-state index in [1.807, 2.05) is 42.5 Å². The van der Waals surface area contributed by atoms with Crippen LogP contribution in [0.1, 0.15) is 24.7 Å². The molecule has 0 radical (unpaired) electrons. The second-order valence-corrected chi connectivity index (χ2v) is 4.56. The fourth-order valence-electron chi connectivity index (χ4n) is 1.72. The van der Waals surface area contributed by atoms with Crippen LogP contribution in [0.25, 0.3) is 0 Å². The van der Waals surface area contributed by atoms with Crippen LogP contribution in [-0.2, 0) is 6.54 Å². The number of hydrogen-bond donors (Lipinski definition) is 2. The van der Waals surface area contributed by atoms with Crippen molar-refractivity contribution in [1.82, 2.24) is 10.7 Å². The molecule has 0 aliphatic carbocycles. The van der Waals surface area contributed by atoms with Crippen LogP contribution in [0.5, 0.6) is 0 Å². The summed E-state index contributed by atoms with van der Waals surface area (Å²) in [5.41, 5.74) is 4.92. The summed E-state index contributed by atoms with van der Waals surface area (Å²) in [7, 11) is 0. The van der Waals surface area contributed by atoms with Gasteiger partial charge in [0.25, 0.3) is 0 Å². The highest BCUT2D eigenvalue weighted by Crippen LogP contribution is 2.03. The zero-order chi connectivity index (χ0) is 14.2. The maximum absolute atomic E-state index is 5.21. The molecule has 104 valence electrons. The van der Waals surface area contributed by atoms with Crippen molar-refractivity contribution in [2.75, 3.05) is 0 Å². The van der Waals surface area contributed by atoms with Crippen LogP contribution in [0.4, 0.5) is 0 Å². The first-order valence-electron chi connectivity index (χ1n) is 6.47. The number of rotatable bonds is 5. The highest BCUT2D eigenvalue weighted by atomic mass is 32.1. The predicted molar refractivity (Wildman–Crippen MR) is 84.6 cm³/mol. The van der Waals surface area contributed by atoms with Gasteiger partial charge in [0.05, 0.1) is 18.5 Å². The molecular formula is C15H17N3OS. The molecule has 5 heteroatoms. The Morgan fingerprint density at radius 2 is 2.00 bits per heavy atom. The first-order chi connectivity index (χ1) is 9.79. The molecule has 2 aromatic rings. The number of nitrogens with one attached hydrogen (secondary N) is 2. The summed E-state index contributed by atoms with van der Waals surface area (Å²) in [6.45, 7) is 2.61. The fourth-order valence-corrected chi connectivity index (χ4v) is 1.83.